The largest absolute Gasteiger partial charge is 0.508 e. The first-order chi connectivity index (χ1) is 12.7. The summed E-state index contributed by atoms with van der Waals surface area (Å²) in [4.78, 5) is 7.12. The number of phenols is 1. The van der Waals surface area contributed by atoms with E-state index in [9.17, 15) is 5.11 Å². The van der Waals surface area contributed by atoms with E-state index in [0.29, 0.717) is 5.75 Å². The third-order valence-corrected chi connectivity index (χ3v) is 5.33. The average molecular weight is 346 g/mol. The molecular weight excluding hydrogens is 320 g/mol. The van der Waals surface area contributed by atoms with Crippen LogP contribution in [0.15, 0.2) is 48.5 Å². The van der Waals surface area contributed by atoms with Crippen molar-refractivity contribution in [2.75, 3.05) is 13.1 Å². The lowest BCUT2D eigenvalue weighted by Crippen LogP contribution is -2.24. The van der Waals surface area contributed by atoms with Crippen molar-refractivity contribution in [2.24, 2.45) is 0 Å². The fourth-order valence-corrected chi connectivity index (χ4v) is 3.96. The minimum atomic E-state index is 0.396. The summed E-state index contributed by atoms with van der Waals surface area (Å²) in [5, 5.41) is 11.6. The number of phenolic OH excluding ortho intramolecular Hbond substituents is 1. The highest BCUT2D eigenvalue weighted by molar-refractivity contribution is 5.94. The molecule has 0 bridgehead atoms. The van der Waals surface area contributed by atoms with Gasteiger partial charge in [0.25, 0.3) is 0 Å². The standard InChI is InChI=1S/C23H26N2O/c1-17-14-21(20-8-4-5-9-22(20)24-17)18-10-11-23(26)19(15-18)16-25-12-6-2-3-7-13-25/h4-5,8-11,14-15,26H,2-3,6-7,12-13,16H2,1H3. The summed E-state index contributed by atoms with van der Waals surface area (Å²) < 4.78 is 0. The van der Waals surface area contributed by atoms with Gasteiger partial charge in [-0.1, -0.05) is 37.1 Å². The van der Waals surface area contributed by atoms with E-state index in [1.807, 2.05) is 25.1 Å². The first-order valence-electron chi connectivity index (χ1n) is 9.62. The SMILES string of the molecule is Cc1cc(-c2ccc(O)c(CN3CCCCCC3)c2)c2ccccc2n1. The van der Waals surface area contributed by atoms with Crippen molar-refractivity contribution in [3.8, 4) is 16.9 Å². The summed E-state index contributed by atoms with van der Waals surface area (Å²) in [6.45, 7) is 5.11. The van der Waals surface area contributed by atoms with Crippen LogP contribution >= 0.6 is 0 Å². The molecule has 1 saturated heterocycles. The molecule has 26 heavy (non-hydrogen) atoms. The van der Waals surface area contributed by atoms with E-state index < -0.39 is 0 Å². The lowest BCUT2D eigenvalue weighted by atomic mass is 9.98. The molecule has 4 rings (SSSR count). The van der Waals surface area contributed by atoms with Crippen LogP contribution in [-0.4, -0.2) is 28.1 Å². The van der Waals surface area contributed by atoms with Crippen LogP contribution < -0.4 is 0 Å². The van der Waals surface area contributed by atoms with E-state index in [2.05, 4.69) is 40.2 Å². The minimum Gasteiger partial charge on any atom is -0.508 e. The Hall–Kier alpha value is -2.39. The van der Waals surface area contributed by atoms with Gasteiger partial charge in [-0.15, -0.1) is 0 Å². The number of hydrogen-bond acceptors (Lipinski definition) is 3. The predicted molar refractivity (Wildman–Crippen MR) is 107 cm³/mol. The van der Waals surface area contributed by atoms with E-state index >= 15 is 0 Å². The molecule has 0 atom stereocenters. The van der Waals surface area contributed by atoms with Gasteiger partial charge in [-0.3, -0.25) is 9.88 Å². The number of likely N-dealkylation sites (tertiary alicyclic amines) is 1. The van der Waals surface area contributed by atoms with Crippen molar-refractivity contribution in [3.05, 3.63) is 59.8 Å². The van der Waals surface area contributed by atoms with Crippen LogP contribution in [0.4, 0.5) is 0 Å². The Morgan fingerprint density at radius 3 is 2.54 bits per heavy atom. The summed E-state index contributed by atoms with van der Waals surface area (Å²) in [6, 6.07) is 16.4. The maximum Gasteiger partial charge on any atom is 0.120 e. The number of aromatic hydroxyl groups is 1. The summed E-state index contributed by atoms with van der Waals surface area (Å²) in [6.07, 6.45) is 5.17. The van der Waals surface area contributed by atoms with Gasteiger partial charge in [-0.2, -0.15) is 0 Å². The Morgan fingerprint density at radius 1 is 0.962 bits per heavy atom. The molecule has 0 saturated carbocycles. The molecule has 3 heteroatoms. The molecule has 3 aromatic rings. The zero-order valence-corrected chi connectivity index (χ0v) is 15.4. The molecule has 0 amide bonds. The van der Waals surface area contributed by atoms with Crippen LogP contribution in [0.2, 0.25) is 0 Å². The molecule has 1 N–H and O–H groups in total. The molecule has 2 heterocycles. The normalized spacial score (nSPS) is 15.9. The number of fused-ring (bicyclic) bond motifs is 1. The highest BCUT2D eigenvalue weighted by Gasteiger charge is 2.14. The number of para-hydroxylation sites is 1. The molecule has 1 fully saturated rings. The van der Waals surface area contributed by atoms with Gasteiger partial charge < -0.3 is 5.11 Å². The smallest absolute Gasteiger partial charge is 0.120 e. The van der Waals surface area contributed by atoms with Crippen molar-refractivity contribution in [1.29, 1.82) is 0 Å². The van der Waals surface area contributed by atoms with Crippen LogP contribution in [0.3, 0.4) is 0 Å². The Kier molecular flexibility index (Phi) is 4.89. The molecule has 0 aliphatic carbocycles. The second kappa shape index (κ2) is 7.46. The third kappa shape index (κ3) is 3.58. The van der Waals surface area contributed by atoms with Crippen molar-refractivity contribution in [3.63, 3.8) is 0 Å². The first kappa shape index (κ1) is 17.0. The quantitative estimate of drug-likeness (QED) is 0.700. The summed E-state index contributed by atoms with van der Waals surface area (Å²) in [5.74, 6) is 0.396. The fourth-order valence-electron chi connectivity index (χ4n) is 3.96. The van der Waals surface area contributed by atoms with Crippen molar-refractivity contribution >= 4 is 10.9 Å². The van der Waals surface area contributed by atoms with Crippen molar-refractivity contribution in [2.45, 2.75) is 39.2 Å². The van der Waals surface area contributed by atoms with Gasteiger partial charge in [-0.25, -0.2) is 0 Å². The Morgan fingerprint density at radius 2 is 1.73 bits per heavy atom. The first-order valence-corrected chi connectivity index (χ1v) is 9.62. The molecule has 2 aromatic carbocycles. The molecular formula is C23H26N2O. The second-order valence-electron chi connectivity index (χ2n) is 7.36. The van der Waals surface area contributed by atoms with Crippen molar-refractivity contribution < 1.29 is 5.11 Å². The van der Waals surface area contributed by atoms with Crippen molar-refractivity contribution in [1.82, 2.24) is 9.88 Å². The zero-order valence-electron chi connectivity index (χ0n) is 15.4. The lowest BCUT2D eigenvalue weighted by molar-refractivity contribution is 0.273. The summed E-state index contributed by atoms with van der Waals surface area (Å²) in [5.41, 5.74) is 5.38. The zero-order chi connectivity index (χ0) is 17.9. The molecule has 134 valence electrons. The Labute approximate surface area is 155 Å². The number of aromatic nitrogens is 1. The third-order valence-electron chi connectivity index (χ3n) is 5.33. The number of rotatable bonds is 3. The Bertz CT molecular complexity index is 911. The van der Waals surface area contributed by atoms with Gasteiger partial charge in [0, 0.05) is 23.2 Å². The summed E-state index contributed by atoms with van der Waals surface area (Å²) in [7, 11) is 0. The number of hydrogen-bond donors (Lipinski definition) is 1. The van der Waals surface area contributed by atoms with E-state index in [0.717, 1.165) is 47.4 Å². The predicted octanol–water partition coefficient (Wildman–Crippen LogP) is 5.29. The highest BCUT2D eigenvalue weighted by Crippen LogP contribution is 2.32. The van der Waals surface area contributed by atoms with Crippen LogP contribution in [0.25, 0.3) is 22.0 Å². The lowest BCUT2D eigenvalue weighted by Gasteiger charge is -2.21. The van der Waals surface area contributed by atoms with E-state index in [-0.39, 0.29) is 0 Å². The molecule has 3 nitrogen and oxygen atoms in total. The summed E-state index contributed by atoms with van der Waals surface area (Å²) >= 11 is 0. The highest BCUT2D eigenvalue weighted by atomic mass is 16.3. The van der Waals surface area contributed by atoms with Gasteiger partial charge in [0.1, 0.15) is 5.75 Å². The Balaban J connectivity index is 1.72. The molecule has 1 aromatic heterocycles. The fraction of sp³-hybridized carbons (Fsp3) is 0.348. The molecule has 1 aliphatic heterocycles. The van der Waals surface area contributed by atoms with E-state index in [4.69, 9.17) is 0 Å². The van der Waals surface area contributed by atoms with E-state index in [1.54, 1.807) is 0 Å². The molecule has 0 spiro atoms. The maximum absolute atomic E-state index is 10.4. The van der Waals surface area contributed by atoms with Gasteiger partial charge in [0.05, 0.1) is 5.52 Å². The molecule has 0 radical (unpaired) electrons. The van der Waals surface area contributed by atoms with Gasteiger partial charge in [0.2, 0.25) is 0 Å². The monoisotopic (exact) mass is 346 g/mol. The van der Waals surface area contributed by atoms with Gasteiger partial charge in [0.15, 0.2) is 0 Å². The van der Waals surface area contributed by atoms with Crippen LogP contribution in [0, 0.1) is 6.92 Å². The van der Waals surface area contributed by atoms with E-state index in [1.165, 1.54) is 31.2 Å². The van der Waals surface area contributed by atoms with Gasteiger partial charge in [-0.05, 0) is 68.2 Å². The number of benzene rings is 2. The minimum absolute atomic E-state index is 0.396. The maximum atomic E-state index is 10.4. The second-order valence-corrected chi connectivity index (χ2v) is 7.36. The number of pyridine rings is 1. The molecule has 0 unspecified atom stereocenters. The van der Waals surface area contributed by atoms with Crippen LogP contribution in [0.5, 0.6) is 5.75 Å². The van der Waals surface area contributed by atoms with Crippen LogP contribution in [-0.2, 0) is 6.54 Å². The number of nitrogens with zero attached hydrogens (tertiary/aromatic N) is 2. The van der Waals surface area contributed by atoms with Crippen LogP contribution in [0.1, 0.15) is 36.9 Å². The van der Waals surface area contributed by atoms with Gasteiger partial charge >= 0.3 is 0 Å². The topological polar surface area (TPSA) is 36.4 Å². The molecule has 1 aliphatic rings. The average Bonchev–Trinajstić information content (AvgIpc) is 2.91. The number of aryl methyl sites for hydroxylation is 1.